The van der Waals surface area contributed by atoms with Crippen LogP contribution in [-0.4, -0.2) is 0 Å². The second-order valence-electron chi connectivity index (χ2n) is 5.56. The van der Waals surface area contributed by atoms with Gasteiger partial charge in [-0.25, -0.2) is 0 Å². The van der Waals surface area contributed by atoms with Crippen molar-refractivity contribution in [3.8, 4) is 0 Å². The molecule has 0 unspecified atom stereocenters. The molecule has 130 valence electrons. The molecule has 1 aromatic carbocycles. The van der Waals surface area contributed by atoms with Crippen LogP contribution in [0.2, 0.25) is 0 Å². The maximum atomic E-state index is 3.67. The lowest BCUT2D eigenvalue weighted by atomic mass is 10.1. The summed E-state index contributed by atoms with van der Waals surface area (Å²) in [6.45, 7) is 14.5. The molecule has 0 fully saturated rings. The van der Waals surface area contributed by atoms with Crippen LogP contribution in [0.25, 0.3) is 0 Å². The largest absolute Gasteiger partial charge is 0.100 e. The van der Waals surface area contributed by atoms with Crippen molar-refractivity contribution in [2.24, 2.45) is 0 Å². The SMILES string of the molecule is C.C=C(C)CC.CCCCCCCC.CCc1ccccc1. The average molecular weight is 307 g/mol. The lowest BCUT2D eigenvalue weighted by Gasteiger charge is -1.93. The summed E-state index contributed by atoms with van der Waals surface area (Å²) in [6.07, 6.45) is 10.7. The third-order valence-corrected chi connectivity index (χ3v) is 3.31. The molecule has 0 aliphatic rings. The van der Waals surface area contributed by atoms with E-state index in [2.05, 4.69) is 58.5 Å². The molecule has 0 heteroatoms. The highest BCUT2D eigenvalue weighted by Gasteiger charge is 1.83. The number of unbranched alkanes of at least 4 members (excludes halogenated alkanes) is 5. The monoisotopic (exact) mass is 306 g/mol. The minimum absolute atomic E-state index is 0. The van der Waals surface area contributed by atoms with Crippen molar-refractivity contribution >= 4 is 0 Å². The highest BCUT2D eigenvalue weighted by Crippen LogP contribution is 2.03. The molecule has 0 heterocycles. The van der Waals surface area contributed by atoms with Crippen LogP contribution < -0.4 is 0 Å². The molecule has 1 aromatic rings. The van der Waals surface area contributed by atoms with Crippen molar-refractivity contribution in [3.63, 3.8) is 0 Å². The predicted molar refractivity (Wildman–Crippen MR) is 107 cm³/mol. The van der Waals surface area contributed by atoms with E-state index in [0.717, 1.165) is 12.8 Å². The lowest BCUT2D eigenvalue weighted by Crippen LogP contribution is -1.73. The zero-order valence-electron chi connectivity index (χ0n) is 15.3. The van der Waals surface area contributed by atoms with Crippen LogP contribution in [-0.2, 0) is 6.42 Å². The van der Waals surface area contributed by atoms with Crippen LogP contribution in [0.3, 0.4) is 0 Å². The molecule has 0 radical (unpaired) electrons. The van der Waals surface area contributed by atoms with Gasteiger partial charge in [0, 0.05) is 0 Å². The van der Waals surface area contributed by atoms with Crippen LogP contribution in [0, 0.1) is 0 Å². The van der Waals surface area contributed by atoms with Crippen LogP contribution in [0.5, 0.6) is 0 Å². The van der Waals surface area contributed by atoms with Gasteiger partial charge in [-0.2, -0.15) is 0 Å². The van der Waals surface area contributed by atoms with Gasteiger partial charge < -0.3 is 0 Å². The van der Waals surface area contributed by atoms with Crippen LogP contribution >= 0.6 is 0 Å². The number of allylic oxidation sites excluding steroid dienone is 1. The van der Waals surface area contributed by atoms with Crippen molar-refractivity contribution in [2.45, 2.75) is 93.4 Å². The summed E-state index contributed by atoms with van der Waals surface area (Å²) in [5.41, 5.74) is 2.66. The summed E-state index contributed by atoms with van der Waals surface area (Å²) in [5, 5.41) is 0. The standard InChI is InChI=1S/C8H10.C8H18.C5H10.CH4/c1-2-8-6-4-3-5-7-8;1-3-5-7-8-6-4-2;1-4-5(2)3;/h3-7H,2H2,1H3;3-8H2,1-2H3;2,4H2,1,3H3;1H4. The topological polar surface area (TPSA) is 0 Å². The third-order valence-electron chi connectivity index (χ3n) is 3.31. The Bertz CT molecular complexity index is 291. The van der Waals surface area contributed by atoms with Gasteiger partial charge in [-0.1, -0.05) is 110 Å². The summed E-state index contributed by atoms with van der Waals surface area (Å²) in [5.74, 6) is 0. The maximum Gasteiger partial charge on any atom is -0.0307 e. The summed E-state index contributed by atoms with van der Waals surface area (Å²) in [7, 11) is 0. The van der Waals surface area contributed by atoms with Gasteiger partial charge in [-0.3, -0.25) is 0 Å². The first-order valence-corrected chi connectivity index (χ1v) is 8.80. The van der Waals surface area contributed by atoms with Gasteiger partial charge in [0.05, 0.1) is 0 Å². The number of benzene rings is 1. The molecular formula is C22H42. The third kappa shape index (κ3) is 24.0. The van der Waals surface area contributed by atoms with Crippen molar-refractivity contribution in [1.29, 1.82) is 0 Å². The van der Waals surface area contributed by atoms with Crippen molar-refractivity contribution in [2.75, 3.05) is 0 Å². The number of hydrogen-bond donors (Lipinski definition) is 0. The molecule has 0 spiro atoms. The van der Waals surface area contributed by atoms with Gasteiger partial charge >= 0.3 is 0 Å². The number of aryl methyl sites for hydroxylation is 1. The fourth-order valence-corrected chi connectivity index (χ4v) is 1.57. The molecule has 0 amide bonds. The van der Waals surface area contributed by atoms with Gasteiger partial charge in [0.1, 0.15) is 0 Å². The molecule has 0 atom stereocenters. The molecule has 1 rings (SSSR count). The van der Waals surface area contributed by atoms with Crippen molar-refractivity contribution in [1.82, 2.24) is 0 Å². The van der Waals surface area contributed by atoms with Gasteiger partial charge in [0.15, 0.2) is 0 Å². The zero-order chi connectivity index (χ0) is 16.3. The fraction of sp³-hybridized carbons (Fsp3) is 0.636. The highest BCUT2D eigenvalue weighted by atomic mass is 13.9. The average Bonchev–Trinajstić information content (AvgIpc) is 2.53. The Labute approximate surface area is 142 Å². The Morgan fingerprint density at radius 3 is 1.45 bits per heavy atom. The Balaban J connectivity index is -0.000000248. The van der Waals surface area contributed by atoms with Crippen LogP contribution in [0.1, 0.15) is 92.6 Å². The van der Waals surface area contributed by atoms with E-state index in [1.165, 1.54) is 49.7 Å². The van der Waals surface area contributed by atoms with E-state index < -0.39 is 0 Å². The molecule has 0 aliphatic carbocycles. The van der Waals surface area contributed by atoms with E-state index in [1.807, 2.05) is 13.0 Å². The molecule has 0 N–H and O–H groups in total. The molecule has 22 heavy (non-hydrogen) atoms. The Morgan fingerprint density at radius 1 is 0.818 bits per heavy atom. The fourth-order valence-electron chi connectivity index (χ4n) is 1.57. The van der Waals surface area contributed by atoms with Crippen molar-refractivity contribution < 1.29 is 0 Å². The smallest absolute Gasteiger partial charge is 0.0307 e. The van der Waals surface area contributed by atoms with E-state index in [4.69, 9.17) is 0 Å². The summed E-state index contributed by atoms with van der Waals surface area (Å²) in [4.78, 5) is 0. The van der Waals surface area contributed by atoms with E-state index in [9.17, 15) is 0 Å². The molecule has 0 saturated heterocycles. The normalized spacial score (nSPS) is 8.59. The first-order chi connectivity index (χ1) is 10.1. The van der Waals surface area contributed by atoms with E-state index >= 15 is 0 Å². The van der Waals surface area contributed by atoms with Gasteiger partial charge in [0.25, 0.3) is 0 Å². The van der Waals surface area contributed by atoms with Gasteiger partial charge in [-0.05, 0) is 25.3 Å². The first kappa shape index (κ1) is 25.9. The number of hydrogen-bond acceptors (Lipinski definition) is 0. The zero-order valence-corrected chi connectivity index (χ0v) is 15.3. The highest BCUT2D eigenvalue weighted by molar-refractivity contribution is 5.13. The van der Waals surface area contributed by atoms with E-state index in [0.29, 0.717) is 0 Å². The molecule has 0 saturated carbocycles. The van der Waals surface area contributed by atoms with Gasteiger partial charge in [-0.15, -0.1) is 6.58 Å². The minimum atomic E-state index is 0. The van der Waals surface area contributed by atoms with Crippen molar-refractivity contribution in [3.05, 3.63) is 48.0 Å². The molecule has 0 aliphatic heterocycles. The lowest BCUT2D eigenvalue weighted by molar-refractivity contribution is 0.624. The Hall–Kier alpha value is -1.04. The maximum absolute atomic E-state index is 3.67. The molecule has 0 nitrogen and oxygen atoms in total. The molecular weight excluding hydrogens is 264 g/mol. The summed E-state index contributed by atoms with van der Waals surface area (Å²) >= 11 is 0. The molecule has 0 bridgehead atoms. The predicted octanol–water partition coefficient (Wildman–Crippen LogP) is 8.22. The van der Waals surface area contributed by atoms with E-state index in [1.54, 1.807) is 0 Å². The van der Waals surface area contributed by atoms with E-state index in [-0.39, 0.29) is 7.43 Å². The van der Waals surface area contributed by atoms with Gasteiger partial charge in [0.2, 0.25) is 0 Å². The Kier molecular flexibility index (Phi) is 26.2. The quantitative estimate of drug-likeness (QED) is 0.351. The summed E-state index contributed by atoms with van der Waals surface area (Å²) < 4.78 is 0. The Morgan fingerprint density at radius 2 is 1.23 bits per heavy atom. The van der Waals surface area contributed by atoms with Crippen LogP contribution in [0.4, 0.5) is 0 Å². The first-order valence-electron chi connectivity index (χ1n) is 8.80. The number of rotatable bonds is 7. The molecule has 0 aromatic heterocycles. The summed E-state index contributed by atoms with van der Waals surface area (Å²) in [6, 6.07) is 10.5. The van der Waals surface area contributed by atoms with Crippen LogP contribution in [0.15, 0.2) is 42.5 Å². The second kappa shape index (κ2) is 22.2. The second-order valence-corrected chi connectivity index (χ2v) is 5.56. The minimum Gasteiger partial charge on any atom is -0.100 e.